The molecule has 25 heavy (non-hydrogen) atoms. The molecule has 2 aromatic rings. The number of aryl methyl sites for hydroxylation is 1. The third-order valence-electron chi connectivity index (χ3n) is 3.98. The summed E-state index contributed by atoms with van der Waals surface area (Å²) in [5, 5.41) is 0.350. The molecular weight excluding hydrogens is 369 g/mol. The summed E-state index contributed by atoms with van der Waals surface area (Å²) in [6.07, 6.45) is 1.64. The zero-order valence-corrected chi connectivity index (χ0v) is 15.1. The Morgan fingerprint density at radius 3 is 2.92 bits per heavy atom. The first-order chi connectivity index (χ1) is 11.9. The molecule has 1 aromatic carbocycles. The zero-order chi connectivity index (χ0) is 18.0. The van der Waals surface area contributed by atoms with Crippen LogP contribution in [0.4, 0.5) is 4.39 Å². The van der Waals surface area contributed by atoms with Gasteiger partial charge in [-0.1, -0.05) is 24.6 Å². The van der Waals surface area contributed by atoms with Gasteiger partial charge < -0.3 is 4.74 Å². The van der Waals surface area contributed by atoms with Gasteiger partial charge in [0.15, 0.2) is 0 Å². The molecule has 1 aliphatic rings. The lowest BCUT2D eigenvalue weighted by atomic mass is 10.3. The van der Waals surface area contributed by atoms with E-state index < -0.39 is 21.9 Å². The summed E-state index contributed by atoms with van der Waals surface area (Å²) in [6, 6.07) is 6.09. The molecule has 0 spiro atoms. The first kappa shape index (κ1) is 18.0. The highest BCUT2D eigenvalue weighted by molar-refractivity contribution is 7.89. The van der Waals surface area contributed by atoms with Crippen LogP contribution >= 0.6 is 11.6 Å². The van der Waals surface area contributed by atoms with Gasteiger partial charge in [-0.15, -0.1) is 0 Å². The lowest BCUT2D eigenvalue weighted by Crippen LogP contribution is -2.31. The van der Waals surface area contributed by atoms with E-state index in [1.807, 2.05) is 0 Å². The number of halogens is 2. The molecule has 1 saturated heterocycles. The Morgan fingerprint density at radius 1 is 1.40 bits per heavy atom. The van der Waals surface area contributed by atoms with Crippen LogP contribution in [0.5, 0.6) is 5.88 Å². The number of rotatable bonds is 5. The van der Waals surface area contributed by atoms with Crippen molar-refractivity contribution in [3.8, 4) is 5.88 Å². The van der Waals surface area contributed by atoms with Crippen molar-refractivity contribution >= 4 is 21.6 Å². The summed E-state index contributed by atoms with van der Waals surface area (Å²) >= 11 is 5.88. The quantitative estimate of drug-likeness (QED) is 0.791. The number of hydrogen-bond donors (Lipinski definition) is 0. The molecule has 0 radical (unpaired) electrons. The van der Waals surface area contributed by atoms with Crippen molar-refractivity contribution in [3.05, 3.63) is 47.1 Å². The number of benzene rings is 1. The van der Waals surface area contributed by atoms with Crippen LogP contribution in [0.2, 0.25) is 5.02 Å². The van der Waals surface area contributed by atoms with Gasteiger partial charge in [-0.2, -0.15) is 13.7 Å². The Kier molecular flexibility index (Phi) is 5.21. The Hall–Kier alpha value is -1.77. The predicted molar refractivity (Wildman–Crippen MR) is 90.6 cm³/mol. The molecule has 134 valence electrons. The van der Waals surface area contributed by atoms with Crippen LogP contribution in [0.3, 0.4) is 0 Å². The summed E-state index contributed by atoms with van der Waals surface area (Å²) in [7, 11) is -3.67. The fourth-order valence-corrected chi connectivity index (χ4v) is 4.45. The molecule has 0 bridgehead atoms. The van der Waals surface area contributed by atoms with Gasteiger partial charge in [0, 0.05) is 11.6 Å². The maximum absolute atomic E-state index is 14.2. The van der Waals surface area contributed by atoms with E-state index in [1.54, 1.807) is 19.1 Å². The second-order valence-corrected chi connectivity index (χ2v) is 8.02. The average molecular weight is 386 g/mol. The standard InChI is InChI=1S/C16H17ClFN3O3S/c1-2-14-15(18)16(20-10-19-14)24-12-6-7-21(9-12)25(22,23)13-5-3-4-11(17)8-13/h3-5,8,10,12H,2,6-7,9H2,1H3/t12-/m0/s1. The first-order valence-electron chi connectivity index (χ1n) is 7.83. The molecular formula is C16H17ClFN3O3S. The molecule has 9 heteroatoms. The van der Waals surface area contributed by atoms with Gasteiger partial charge in [-0.3, -0.25) is 0 Å². The van der Waals surface area contributed by atoms with Crippen LogP contribution in [0, 0.1) is 5.82 Å². The van der Waals surface area contributed by atoms with Crippen LogP contribution in [0.15, 0.2) is 35.5 Å². The highest BCUT2D eigenvalue weighted by Gasteiger charge is 2.34. The van der Waals surface area contributed by atoms with Crippen molar-refractivity contribution in [2.45, 2.75) is 30.8 Å². The number of nitrogens with zero attached hydrogens (tertiary/aromatic N) is 3. The van der Waals surface area contributed by atoms with Gasteiger partial charge in [0.1, 0.15) is 12.4 Å². The molecule has 3 rings (SSSR count). The normalized spacial score (nSPS) is 18.4. The van der Waals surface area contributed by atoms with Gasteiger partial charge in [0.05, 0.1) is 17.1 Å². The molecule has 1 fully saturated rings. The van der Waals surface area contributed by atoms with Gasteiger partial charge in [-0.25, -0.2) is 13.4 Å². The summed E-state index contributed by atoms with van der Waals surface area (Å²) in [5.74, 6) is -0.736. The lowest BCUT2D eigenvalue weighted by molar-refractivity contribution is 0.195. The van der Waals surface area contributed by atoms with E-state index in [2.05, 4.69) is 9.97 Å². The molecule has 0 aliphatic carbocycles. The number of aromatic nitrogens is 2. The highest BCUT2D eigenvalue weighted by atomic mass is 35.5. The van der Waals surface area contributed by atoms with Gasteiger partial charge in [0.2, 0.25) is 15.8 Å². The summed E-state index contributed by atoms with van der Waals surface area (Å²) in [6.45, 7) is 2.19. The number of sulfonamides is 1. The van der Waals surface area contributed by atoms with Crippen molar-refractivity contribution in [3.63, 3.8) is 0 Å². The molecule has 6 nitrogen and oxygen atoms in total. The van der Waals surface area contributed by atoms with E-state index in [4.69, 9.17) is 16.3 Å². The maximum Gasteiger partial charge on any atom is 0.254 e. The van der Waals surface area contributed by atoms with Crippen LogP contribution in [-0.4, -0.2) is 41.9 Å². The largest absolute Gasteiger partial charge is 0.471 e. The van der Waals surface area contributed by atoms with Crippen molar-refractivity contribution < 1.29 is 17.5 Å². The number of ether oxygens (including phenoxy) is 1. The SMILES string of the molecule is CCc1ncnc(O[C@H]2CCN(S(=O)(=O)c3cccc(Cl)c3)C2)c1F. The van der Waals surface area contributed by atoms with E-state index in [1.165, 1.54) is 22.8 Å². The van der Waals surface area contributed by atoms with E-state index in [0.717, 1.165) is 0 Å². The van der Waals surface area contributed by atoms with E-state index in [9.17, 15) is 12.8 Å². The van der Waals surface area contributed by atoms with Crippen molar-refractivity contribution in [1.82, 2.24) is 14.3 Å². The molecule has 0 saturated carbocycles. The topological polar surface area (TPSA) is 72.4 Å². The molecule has 1 aromatic heterocycles. The first-order valence-corrected chi connectivity index (χ1v) is 9.65. The van der Waals surface area contributed by atoms with E-state index in [0.29, 0.717) is 17.9 Å². The van der Waals surface area contributed by atoms with Gasteiger partial charge in [-0.05, 0) is 31.0 Å². The lowest BCUT2D eigenvalue weighted by Gasteiger charge is -2.17. The van der Waals surface area contributed by atoms with E-state index >= 15 is 0 Å². The fourth-order valence-electron chi connectivity index (χ4n) is 2.66. The molecule has 2 heterocycles. The predicted octanol–water partition coefficient (Wildman–Crippen LogP) is 2.67. The maximum atomic E-state index is 14.2. The monoisotopic (exact) mass is 385 g/mol. The summed E-state index contributed by atoms with van der Waals surface area (Å²) in [5.41, 5.74) is 0.270. The van der Waals surface area contributed by atoms with Crippen LogP contribution in [-0.2, 0) is 16.4 Å². The summed E-state index contributed by atoms with van der Waals surface area (Å²) in [4.78, 5) is 7.79. The van der Waals surface area contributed by atoms with Gasteiger partial charge in [0.25, 0.3) is 5.88 Å². The Bertz CT molecular complexity index is 879. The Labute approximate surface area is 150 Å². The zero-order valence-electron chi connectivity index (χ0n) is 13.5. The second-order valence-electron chi connectivity index (χ2n) is 5.64. The van der Waals surface area contributed by atoms with Crippen molar-refractivity contribution in [1.29, 1.82) is 0 Å². The second kappa shape index (κ2) is 7.23. The molecule has 0 amide bonds. The Morgan fingerprint density at radius 2 is 2.20 bits per heavy atom. The molecule has 1 aliphatic heterocycles. The summed E-state index contributed by atoms with van der Waals surface area (Å²) < 4.78 is 46.4. The molecule has 1 atom stereocenters. The molecule has 0 N–H and O–H groups in total. The third-order valence-corrected chi connectivity index (χ3v) is 6.08. The van der Waals surface area contributed by atoms with Crippen LogP contribution in [0.1, 0.15) is 19.0 Å². The van der Waals surface area contributed by atoms with Crippen molar-refractivity contribution in [2.75, 3.05) is 13.1 Å². The average Bonchev–Trinajstić information content (AvgIpc) is 3.06. The van der Waals surface area contributed by atoms with Gasteiger partial charge >= 0.3 is 0 Å². The van der Waals surface area contributed by atoms with E-state index in [-0.39, 0.29) is 29.6 Å². The highest BCUT2D eigenvalue weighted by Crippen LogP contribution is 2.26. The Balaban J connectivity index is 1.74. The smallest absolute Gasteiger partial charge is 0.254 e. The minimum Gasteiger partial charge on any atom is -0.471 e. The van der Waals surface area contributed by atoms with Crippen LogP contribution < -0.4 is 4.74 Å². The minimum atomic E-state index is -3.67. The third kappa shape index (κ3) is 3.75. The van der Waals surface area contributed by atoms with Crippen molar-refractivity contribution in [2.24, 2.45) is 0 Å². The molecule has 0 unspecified atom stereocenters. The minimum absolute atomic E-state index is 0.125. The van der Waals surface area contributed by atoms with Crippen LogP contribution in [0.25, 0.3) is 0 Å². The fraction of sp³-hybridized carbons (Fsp3) is 0.375. The number of hydrogen-bond acceptors (Lipinski definition) is 5.